The highest BCUT2D eigenvalue weighted by atomic mass is 15.2. The summed E-state index contributed by atoms with van der Waals surface area (Å²) >= 11 is 0. The Kier molecular flexibility index (Phi) is 3.67. The quantitative estimate of drug-likeness (QED) is 0.857. The maximum Gasteiger partial charge on any atom is 0.0329 e. The Morgan fingerprint density at radius 1 is 1.28 bits per heavy atom. The van der Waals surface area contributed by atoms with Gasteiger partial charge in [-0.1, -0.05) is 30.3 Å². The van der Waals surface area contributed by atoms with E-state index in [4.69, 9.17) is 0 Å². The van der Waals surface area contributed by atoms with Crippen molar-refractivity contribution < 1.29 is 0 Å². The van der Waals surface area contributed by atoms with Crippen molar-refractivity contribution in [3.8, 4) is 0 Å². The minimum atomic E-state index is 0.505. The van der Waals surface area contributed by atoms with Crippen molar-refractivity contribution in [2.75, 3.05) is 20.1 Å². The standard InChI is InChI=1S/C16H24N2/c1-17-16(14-5-3-2-4-6-14)9-10-18-12-13-7-8-15(18)11-13/h2-6,13,15-17H,7-12H2,1H3. The first-order chi connectivity index (χ1) is 8.86. The molecule has 2 nitrogen and oxygen atoms in total. The van der Waals surface area contributed by atoms with Crippen LogP contribution in [0.2, 0.25) is 0 Å². The lowest BCUT2D eigenvalue weighted by Gasteiger charge is -2.28. The Morgan fingerprint density at radius 2 is 2.11 bits per heavy atom. The molecule has 18 heavy (non-hydrogen) atoms. The van der Waals surface area contributed by atoms with Crippen molar-refractivity contribution in [3.63, 3.8) is 0 Å². The predicted molar refractivity (Wildman–Crippen MR) is 75.6 cm³/mol. The molecule has 0 amide bonds. The summed E-state index contributed by atoms with van der Waals surface area (Å²) in [4.78, 5) is 2.72. The second-order valence-corrected chi connectivity index (χ2v) is 5.87. The zero-order valence-electron chi connectivity index (χ0n) is 11.3. The second-order valence-electron chi connectivity index (χ2n) is 5.87. The van der Waals surface area contributed by atoms with Crippen molar-refractivity contribution in [3.05, 3.63) is 35.9 Å². The molecule has 1 aliphatic carbocycles. The molecule has 3 rings (SSSR count). The van der Waals surface area contributed by atoms with Crippen LogP contribution in [0, 0.1) is 5.92 Å². The van der Waals surface area contributed by atoms with E-state index in [1.807, 2.05) is 0 Å². The summed E-state index contributed by atoms with van der Waals surface area (Å²) < 4.78 is 0. The van der Waals surface area contributed by atoms with E-state index in [2.05, 4.69) is 47.6 Å². The van der Waals surface area contributed by atoms with E-state index in [-0.39, 0.29) is 0 Å². The van der Waals surface area contributed by atoms with Crippen LogP contribution in [0.15, 0.2) is 30.3 Å². The van der Waals surface area contributed by atoms with Crippen LogP contribution in [-0.2, 0) is 0 Å². The van der Waals surface area contributed by atoms with Gasteiger partial charge in [-0.15, -0.1) is 0 Å². The number of fused-ring (bicyclic) bond motifs is 2. The van der Waals surface area contributed by atoms with Crippen LogP contribution >= 0.6 is 0 Å². The Hall–Kier alpha value is -0.860. The van der Waals surface area contributed by atoms with Gasteiger partial charge in [-0.25, -0.2) is 0 Å². The maximum atomic E-state index is 3.46. The first kappa shape index (κ1) is 12.2. The third-order valence-electron chi connectivity index (χ3n) is 4.78. The molecule has 1 heterocycles. The summed E-state index contributed by atoms with van der Waals surface area (Å²) in [7, 11) is 2.08. The van der Waals surface area contributed by atoms with Crippen LogP contribution in [0.3, 0.4) is 0 Å². The topological polar surface area (TPSA) is 15.3 Å². The van der Waals surface area contributed by atoms with Crippen LogP contribution in [0.1, 0.15) is 37.3 Å². The number of hydrogen-bond donors (Lipinski definition) is 1. The zero-order valence-corrected chi connectivity index (χ0v) is 11.3. The van der Waals surface area contributed by atoms with E-state index in [9.17, 15) is 0 Å². The third kappa shape index (κ3) is 2.45. The number of likely N-dealkylation sites (tertiary alicyclic amines) is 1. The fourth-order valence-electron chi connectivity index (χ4n) is 3.76. The van der Waals surface area contributed by atoms with Crippen molar-refractivity contribution in [2.24, 2.45) is 5.92 Å². The monoisotopic (exact) mass is 244 g/mol. The molecule has 2 fully saturated rings. The van der Waals surface area contributed by atoms with Crippen molar-refractivity contribution in [1.82, 2.24) is 10.2 Å². The van der Waals surface area contributed by atoms with E-state index >= 15 is 0 Å². The summed E-state index contributed by atoms with van der Waals surface area (Å²) in [6, 6.07) is 12.2. The fraction of sp³-hybridized carbons (Fsp3) is 0.625. The molecule has 1 saturated carbocycles. The lowest BCUT2D eigenvalue weighted by molar-refractivity contribution is 0.203. The van der Waals surface area contributed by atoms with Gasteiger partial charge in [-0.3, -0.25) is 0 Å². The summed E-state index contributed by atoms with van der Waals surface area (Å²) in [5.74, 6) is 1.01. The minimum Gasteiger partial charge on any atom is -0.313 e. The molecule has 3 unspecified atom stereocenters. The SMILES string of the molecule is CNC(CCN1CC2CCC1C2)c1ccccc1. The summed E-state index contributed by atoms with van der Waals surface area (Å²) in [6.07, 6.45) is 5.62. The van der Waals surface area contributed by atoms with E-state index < -0.39 is 0 Å². The van der Waals surface area contributed by atoms with Crippen LogP contribution in [0.5, 0.6) is 0 Å². The highest BCUT2D eigenvalue weighted by molar-refractivity contribution is 5.18. The molecule has 1 aromatic carbocycles. The van der Waals surface area contributed by atoms with E-state index in [1.54, 1.807) is 0 Å². The first-order valence-electron chi connectivity index (χ1n) is 7.33. The van der Waals surface area contributed by atoms with Crippen molar-refractivity contribution in [2.45, 2.75) is 37.8 Å². The van der Waals surface area contributed by atoms with Crippen LogP contribution in [0.4, 0.5) is 0 Å². The van der Waals surface area contributed by atoms with Crippen molar-refractivity contribution >= 4 is 0 Å². The van der Waals surface area contributed by atoms with Crippen LogP contribution in [-0.4, -0.2) is 31.1 Å². The molecule has 2 aliphatic rings. The number of rotatable bonds is 5. The predicted octanol–water partition coefficient (Wildman–Crippen LogP) is 2.82. The highest BCUT2D eigenvalue weighted by Crippen LogP contribution is 2.37. The Bertz CT molecular complexity index is 376. The Balaban J connectivity index is 1.55. The van der Waals surface area contributed by atoms with Gasteiger partial charge in [-0.2, -0.15) is 0 Å². The highest BCUT2D eigenvalue weighted by Gasteiger charge is 2.37. The first-order valence-corrected chi connectivity index (χ1v) is 7.33. The van der Waals surface area contributed by atoms with E-state index in [1.165, 1.54) is 44.3 Å². The molecule has 2 heteroatoms. The smallest absolute Gasteiger partial charge is 0.0329 e. The number of nitrogens with zero attached hydrogens (tertiary/aromatic N) is 1. The molecular weight excluding hydrogens is 220 g/mol. The van der Waals surface area contributed by atoms with Gasteiger partial charge in [-0.05, 0) is 44.2 Å². The normalized spacial score (nSPS) is 28.7. The van der Waals surface area contributed by atoms with Gasteiger partial charge >= 0.3 is 0 Å². The molecule has 98 valence electrons. The average Bonchev–Trinajstić information content (AvgIpc) is 3.03. The largest absolute Gasteiger partial charge is 0.313 e. The number of nitrogens with one attached hydrogen (secondary N) is 1. The zero-order chi connectivity index (χ0) is 12.4. The van der Waals surface area contributed by atoms with Crippen molar-refractivity contribution in [1.29, 1.82) is 0 Å². The van der Waals surface area contributed by atoms with Gasteiger partial charge < -0.3 is 10.2 Å². The van der Waals surface area contributed by atoms with Gasteiger partial charge in [0.1, 0.15) is 0 Å². The van der Waals surface area contributed by atoms with Crippen LogP contribution in [0.25, 0.3) is 0 Å². The lowest BCUT2D eigenvalue weighted by atomic mass is 10.0. The number of benzene rings is 1. The fourth-order valence-corrected chi connectivity index (χ4v) is 3.76. The summed E-state index contributed by atoms with van der Waals surface area (Å²) in [5.41, 5.74) is 1.42. The number of piperidine rings is 1. The van der Waals surface area contributed by atoms with E-state index in [0.29, 0.717) is 6.04 Å². The molecule has 1 saturated heterocycles. The maximum absolute atomic E-state index is 3.46. The van der Waals surface area contributed by atoms with Gasteiger partial charge in [0.05, 0.1) is 0 Å². The average molecular weight is 244 g/mol. The minimum absolute atomic E-state index is 0.505. The van der Waals surface area contributed by atoms with Gasteiger partial charge in [0, 0.05) is 25.2 Å². The lowest BCUT2D eigenvalue weighted by Crippen LogP contribution is -2.34. The van der Waals surface area contributed by atoms with Gasteiger partial charge in [0.15, 0.2) is 0 Å². The molecule has 1 aliphatic heterocycles. The molecule has 0 radical (unpaired) electrons. The molecule has 0 spiro atoms. The Morgan fingerprint density at radius 3 is 2.72 bits per heavy atom. The number of hydrogen-bond acceptors (Lipinski definition) is 2. The molecule has 2 bridgehead atoms. The summed E-state index contributed by atoms with van der Waals surface area (Å²) in [6.45, 7) is 2.61. The molecule has 1 N–H and O–H groups in total. The second kappa shape index (κ2) is 5.41. The summed E-state index contributed by atoms with van der Waals surface area (Å²) in [5, 5.41) is 3.46. The molecule has 1 aromatic rings. The molecule has 3 atom stereocenters. The van der Waals surface area contributed by atoms with Crippen LogP contribution < -0.4 is 5.32 Å². The molecular formula is C16H24N2. The molecule has 0 aromatic heterocycles. The Labute approximate surface area is 110 Å². The van der Waals surface area contributed by atoms with Gasteiger partial charge in [0.2, 0.25) is 0 Å². The van der Waals surface area contributed by atoms with E-state index in [0.717, 1.165) is 12.0 Å². The third-order valence-corrected chi connectivity index (χ3v) is 4.78. The van der Waals surface area contributed by atoms with Gasteiger partial charge in [0.25, 0.3) is 0 Å².